The normalized spacial score (nSPS) is 19.9. The predicted octanol–water partition coefficient (Wildman–Crippen LogP) is 3.25. The monoisotopic (exact) mass is 763 g/mol. The summed E-state index contributed by atoms with van der Waals surface area (Å²) >= 11 is 0. The molecule has 298 valence electrons. The summed E-state index contributed by atoms with van der Waals surface area (Å²) in [4.78, 5) is 91.7. The number of carboxylic acids is 1. The second kappa shape index (κ2) is 22.0. The summed E-state index contributed by atoms with van der Waals surface area (Å²) in [6.07, 6.45) is 7.14. The van der Waals surface area contributed by atoms with Crippen LogP contribution in [0.4, 0.5) is 4.79 Å². The van der Waals surface area contributed by atoms with Crippen molar-refractivity contribution in [3.63, 3.8) is 0 Å². The van der Waals surface area contributed by atoms with Crippen LogP contribution in [0, 0.1) is 5.92 Å². The number of benzene rings is 2. The minimum absolute atomic E-state index is 0.00215. The summed E-state index contributed by atoms with van der Waals surface area (Å²) in [5.41, 5.74) is 0.983. The van der Waals surface area contributed by atoms with Gasteiger partial charge in [-0.2, -0.15) is 0 Å². The van der Waals surface area contributed by atoms with Crippen molar-refractivity contribution in [2.75, 3.05) is 19.8 Å². The van der Waals surface area contributed by atoms with Gasteiger partial charge in [-0.3, -0.25) is 24.0 Å². The molecule has 6 N–H and O–H groups in total. The molecule has 2 aromatic carbocycles. The van der Waals surface area contributed by atoms with Gasteiger partial charge in [0.15, 0.2) is 6.04 Å². The second-order valence-corrected chi connectivity index (χ2v) is 14.0. The molecule has 0 radical (unpaired) electrons. The van der Waals surface area contributed by atoms with Crippen molar-refractivity contribution in [1.29, 1.82) is 0 Å². The molecule has 1 heterocycles. The summed E-state index contributed by atoms with van der Waals surface area (Å²) in [6, 6.07) is 10.3. The van der Waals surface area contributed by atoms with Crippen LogP contribution in [-0.2, 0) is 39.9 Å². The van der Waals surface area contributed by atoms with Crippen LogP contribution < -0.4 is 31.3 Å². The maximum atomic E-state index is 14.0. The van der Waals surface area contributed by atoms with Crippen LogP contribution in [0.15, 0.2) is 54.6 Å². The Balaban J connectivity index is 1.50. The van der Waals surface area contributed by atoms with E-state index in [2.05, 4.69) is 26.6 Å². The van der Waals surface area contributed by atoms with E-state index in [9.17, 15) is 38.7 Å². The molecular formula is C40H53N5O10. The second-order valence-electron chi connectivity index (χ2n) is 14.0. The number of ketones is 1. The molecule has 0 aromatic heterocycles. The molecule has 4 unspecified atom stereocenters. The quantitative estimate of drug-likeness (QED) is 0.173. The van der Waals surface area contributed by atoms with Gasteiger partial charge in [0.25, 0.3) is 5.91 Å². The lowest BCUT2D eigenvalue weighted by Crippen LogP contribution is -2.59. The number of Topliss-reactive ketones (excluding diaryl/α,β-unsaturated/α-hetero) is 1. The molecule has 15 nitrogen and oxygen atoms in total. The number of rotatable bonds is 12. The average Bonchev–Trinajstić information content (AvgIpc) is 3.18. The van der Waals surface area contributed by atoms with Crippen LogP contribution in [0.2, 0.25) is 0 Å². The van der Waals surface area contributed by atoms with Gasteiger partial charge in [0.1, 0.15) is 17.8 Å². The number of amides is 5. The Hall–Kier alpha value is -5.47. The van der Waals surface area contributed by atoms with Crippen molar-refractivity contribution in [2.45, 2.75) is 108 Å². The third-order valence-electron chi connectivity index (χ3n) is 9.72. The van der Waals surface area contributed by atoms with Gasteiger partial charge in [0, 0.05) is 6.42 Å². The van der Waals surface area contributed by atoms with Gasteiger partial charge in [-0.25, -0.2) is 9.59 Å². The lowest BCUT2D eigenvalue weighted by atomic mass is 9.83. The molecule has 5 amide bonds. The predicted molar refractivity (Wildman–Crippen MR) is 201 cm³/mol. The third-order valence-corrected chi connectivity index (χ3v) is 9.72. The molecule has 15 heteroatoms. The highest BCUT2D eigenvalue weighted by Gasteiger charge is 2.35. The van der Waals surface area contributed by atoms with Crippen molar-refractivity contribution in [1.82, 2.24) is 26.6 Å². The van der Waals surface area contributed by atoms with Gasteiger partial charge in [-0.1, -0.05) is 75.1 Å². The molecule has 0 spiro atoms. The fourth-order valence-electron chi connectivity index (χ4n) is 6.80. The number of hydrogen-bond donors (Lipinski definition) is 6. The number of hydrogen-bond acceptors (Lipinski definition) is 9. The van der Waals surface area contributed by atoms with Gasteiger partial charge in [0.2, 0.25) is 23.5 Å². The van der Waals surface area contributed by atoms with E-state index in [1.54, 1.807) is 49.4 Å². The van der Waals surface area contributed by atoms with E-state index < -0.39 is 72.2 Å². The van der Waals surface area contributed by atoms with E-state index in [0.29, 0.717) is 49.2 Å². The van der Waals surface area contributed by atoms with E-state index >= 15 is 0 Å². The number of aliphatic carboxylic acids is 1. The zero-order valence-electron chi connectivity index (χ0n) is 31.3. The Morgan fingerprint density at radius 2 is 1.53 bits per heavy atom. The van der Waals surface area contributed by atoms with Crippen molar-refractivity contribution in [3.05, 3.63) is 65.7 Å². The van der Waals surface area contributed by atoms with E-state index in [0.717, 1.165) is 38.5 Å². The van der Waals surface area contributed by atoms with Crippen LogP contribution >= 0.6 is 0 Å². The number of carboxylic acid groups (broad SMARTS) is 1. The maximum absolute atomic E-state index is 14.0. The summed E-state index contributed by atoms with van der Waals surface area (Å²) in [7, 11) is 0. The lowest BCUT2D eigenvalue weighted by molar-refractivity contribution is -0.142. The highest BCUT2D eigenvalue weighted by Crippen LogP contribution is 2.27. The summed E-state index contributed by atoms with van der Waals surface area (Å²) in [6.45, 7) is 1.73. The number of ether oxygens (including phenoxy) is 2. The number of alkyl carbamates (subject to hydrolysis) is 1. The third kappa shape index (κ3) is 13.7. The molecule has 2 bridgehead atoms. The minimum atomic E-state index is -1.38. The Labute approximate surface area is 321 Å². The Bertz CT molecular complexity index is 1630. The van der Waals surface area contributed by atoms with Crippen molar-refractivity contribution < 1.29 is 48.1 Å². The Morgan fingerprint density at radius 1 is 0.836 bits per heavy atom. The average molecular weight is 764 g/mol. The molecule has 2 aliphatic rings. The molecule has 1 aliphatic heterocycles. The molecular weight excluding hydrogens is 710 g/mol. The van der Waals surface area contributed by atoms with Gasteiger partial charge < -0.3 is 41.2 Å². The summed E-state index contributed by atoms with van der Waals surface area (Å²) in [5.74, 6) is -5.22. The van der Waals surface area contributed by atoms with Crippen molar-refractivity contribution in [3.8, 4) is 5.75 Å². The van der Waals surface area contributed by atoms with Gasteiger partial charge in [-0.15, -0.1) is 0 Å². The van der Waals surface area contributed by atoms with Gasteiger partial charge in [0.05, 0.1) is 25.8 Å². The number of cyclic esters (lactones) is 1. The molecule has 4 rings (SSSR count). The van der Waals surface area contributed by atoms with Gasteiger partial charge in [-0.05, 0) is 74.1 Å². The van der Waals surface area contributed by atoms with Crippen LogP contribution in [0.1, 0.15) is 94.7 Å². The maximum Gasteiger partial charge on any atom is 0.407 e. The molecule has 0 saturated heterocycles. The molecule has 4 atom stereocenters. The summed E-state index contributed by atoms with van der Waals surface area (Å²) < 4.78 is 11.4. The molecule has 55 heavy (non-hydrogen) atoms. The first kappa shape index (κ1) is 42.3. The van der Waals surface area contributed by atoms with Crippen LogP contribution in [0.5, 0.6) is 5.75 Å². The number of fused-ring (bicyclic) bond motifs is 2. The van der Waals surface area contributed by atoms with E-state index in [1.165, 1.54) is 12.1 Å². The molecule has 1 fully saturated rings. The Kier molecular flexibility index (Phi) is 16.9. The highest BCUT2D eigenvalue weighted by atomic mass is 16.5. The van der Waals surface area contributed by atoms with E-state index in [-0.39, 0.29) is 25.4 Å². The zero-order chi connectivity index (χ0) is 39.6. The van der Waals surface area contributed by atoms with Crippen molar-refractivity contribution >= 4 is 41.5 Å². The largest absolute Gasteiger partial charge is 0.494 e. The minimum Gasteiger partial charge on any atom is -0.494 e. The first-order valence-corrected chi connectivity index (χ1v) is 19.2. The first-order chi connectivity index (χ1) is 26.5. The molecule has 2 aromatic rings. The number of carbonyl (C=O) groups excluding carboxylic acids is 6. The Morgan fingerprint density at radius 3 is 2.22 bits per heavy atom. The van der Waals surface area contributed by atoms with Gasteiger partial charge >= 0.3 is 12.1 Å². The van der Waals surface area contributed by atoms with E-state index in [4.69, 9.17) is 9.47 Å². The van der Waals surface area contributed by atoms with Crippen molar-refractivity contribution in [2.24, 2.45) is 5.92 Å². The van der Waals surface area contributed by atoms with Crippen LogP contribution in [-0.4, -0.2) is 84.5 Å². The highest BCUT2D eigenvalue weighted by molar-refractivity contribution is 6.38. The number of carbonyl (C=O) groups is 7. The van der Waals surface area contributed by atoms with Crippen LogP contribution in [0.3, 0.4) is 0 Å². The first-order valence-electron chi connectivity index (χ1n) is 19.2. The zero-order valence-corrected chi connectivity index (χ0v) is 31.3. The topological polar surface area (TPSA) is 218 Å². The smallest absolute Gasteiger partial charge is 0.407 e. The lowest BCUT2D eigenvalue weighted by Gasteiger charge is -2.31. The van der Waals surface area contributed by atoms with E-state index in [1.807, 2.05) is 0 Å². The molecule has 1 saturated carbocycles. The molecule has 1 aliphatic carbocycles. The fraction of sp³-hybridized carbons (Fsp3) is 0.525. The number of nitrogens with one attached hydrogen (secondary N) is 5. The summed E-state index contributed by atoms with van der Waals surface area (Å²) in [5, 5.41) is 22.4. The SMILES string of the molecule is CCCC(NC(=O)C1Cc2cccc(c2)OCCCCCCOC(=O)NC(C2CCCCC2)C(=O)N1)C(=O)C(=O)NCC(=O)NC(C(=O)O)c1ccccc1. The van der Waals surface area contributed by atoms with Crippen LogP contribution in [0.25, 0.3) is 0 Å². The fourth-order valence-corrected chi connectivity index (χ4v) is 6.80. The standard InChI is InChI=1S/C40H53N5O10/c1-2-14-30(35(47)38(50)41-25-32(46)44-34(39(51)52)28-18-9-6-10-19-28)42-36(48)31-24-26-15-13-20-29(23-26)54-21-11-3-4-12-22-55-40(53)45-33(37(49)43-31)27-16-7-5-8-17-27/h6,9-10,13,15,18-20,23,27,30-31,33-34H,2-5,7-8,11-12,14,16-17,21-22,24-25H2,1H3,(H,41,50)(H,42,48)(H,43,49)(H,44,46)(H,45,53)(H,51,52).